The molecule has 1 aliphatic heterocycles. The van der Waals surface area contributed by atoms with E-state index in [4.69, 9.17) is 15.1 Å². The van der Waals surface area contributed by atoms with Gasteiger partial charge in [0.15, 0.2) is 5.65 Å². The number of anilines is 1. The van der Waals surface area contributed by atoms with Crippen LogP contribution in [-0.2, 0) is 16.4 Å². The standard InChI is InChI=1S/C24H25FN6O2S/c1-17-22-23(29-12-14-30(15-13-29)34(2,32)33)26-21(16-18-6-4-3-5-7-18)27-24(22)31(28-17)20-10-8-19(25)9-11-20/h3-11H,12-16H2,1-2H3. The van der Waals surface area contributed by atoms with Crippen LogP contribution in [-0.4, -0.2) is 64.9 Å². The highest BCUT2D eigenvalue weighted by Crippen LogP contribution is 2.30. The number of aromatic nitrogens is 4. The van der Waals surface area contributed by atoms with Crippen LogP contribution in [0.4, 0.5) is 10.2 Å². The van der Waals surface area contributed by atoms with E-state index in [9.17, 15) is 12.8 Å². The first-order chi connectivity index (χ1) is 16.3. The quantitative estimate of drug-likeness (QED) is 0.437. The first-order valence-electron chi connectivity index (χ1n) is 11.1. The van der Waals surface area contributed by atoms with E-state index in [1.807, 2.05) is 37.3 Å². The van der Waals surface area contributed by atoms with Gasteiger partial charge in [-0.2, -0.15) is 9.40 Å². The SMILES string of the molecule is Cc1nn(-c2ccc(F)cc2)c2nc(Cc3ccccc3)nc(N3CCN(S(C)(=O)=O)CC3)c12. The van der Waals surface area contributed by atoms with Gasteiger partial charge in [-0.1, -0.05) is 30.3 Å². The monoisotopic (exact) mass is 480 g/mol. The zero-order valence-corrected chi connectivity index (χ0v) is 19.8. The zero-order chi connectivity index (χ0) is 23.9. The molecule has 0 bridgehead atoms. The highest BCUT2D eigenvalue weighted by molar-refractivity contribution is 7.88. The number of halogens is 1. The van der Waals surface area contributed by atoms with Crippen molar-refractivity contribution in [1.82, 2.24) is 24.1 Å². The molecule has 5 rings (SSSR count). The topological polar surface area (TPSA) is 84.2 Å². The molecule has 0 aliphatic carbocycles. The van der Waals surface area contributed by atoms with Gasteiger partial charge in [0.05, 0.1) is 23.0 Å². The van der Waals surface area contributed by atoms with Gasteiger partial charge in [0.2, 0.25) is 10.0 Å². The van der Waals surface area contributed by atoms with Gasteiger partial charge in [-0.05, 0) is 36.8 Å². The molecule has 0 atom stereocenters. The van der Waals surface area contributed by atoms with Crippen LogP contribution in [0.3, 0.4) is 0 Å². The normalized spacial score (nSPS) is 15.2. The minimum Gasteiger partial charge on any atom is -0.353 e. The van der Waals surface area contributed by atoms with Crippen molar-refractivity contribution in [3.05, 3.63) is 77.5 Å². The smallest absolute Gasteiger partial charge is 0.211 e. The number of hydrogen-bond acceptors (Lipinski definition) is 6. The molecule has 0 saturated carbocycles. The molecule has 1 saturated heterocycles. The molecule has 0 N–H and O–H groups in total. The number of aryl methyl sites for hydroxylation is 1. The summed E-state index contributed by atoms with van der Waals surface area (Å²) in [4.78, 5) is 11.9. The molecule has 0 unspecified atom stereocenters. The van der Waals surface area contributed by atoms with E-state index in [2.05, 4.69) is 4.90 Å². The fraction of sp³-hybridized carbons (Fsp3) is 0.292. The van der Waals surface area contributed by atoms with Gasteiger partial charge >= 0.3 is 0 Å². The number of piperazine rings is 1. The summed E-state index contributed by atoms with van der Waals surface area (Å²) in [6, 6.07) is 16.1. The third-order valence-electron chi connectivity index (χ3n) is 6.01. The van der Waals surface area contributed by atoms with Crippen LogP contribution >= 0.6 is 0 Å². The Labute approximate surface area is 197 Å². The van der Waals surface area contributed by atoms with E-state index in [1.54, 1.807) is 16.8 Å². The summed E-state index contributed by atoms with van der Waals surface area (Å²) in [7, 11) is -3.24. The molecule has 2 aromatic carbocycles. The third kappa shape index (κ3) is 4.38. The minimum absolute atomic E-state index is 0.319. The fourth-order valence-electron chi connectivity index (χ4n) is 4.29. The Morgan fingerprint density at radius 3 is 2.26 bits per heavy atom. The number of nitrogens with zero attached hydrogens (tertiary/aromatic N) is 6. The Balaban J connectivity index is 1.62. The second-order valence-electron chi connectivity index (χ2n) is 8.45. The van der Waals surface area contributed by atoms with Crippen molar-refractivity contribution in [2.24, 2.45) is 0 Å². The number of fused-ring (bicyclic) bond motifs is 1. The van der Waals surface area contributed by atoms with Crippen LogP contribution < -0.4 is 4.90 Å². The molecule has 176 valence electrons. The largest absolute Gasteiger partial charge is 0.353 e. The molecule has 3 heterocycles. The summed E-state index contributed by atoms with van der Waals surface area (Å²) in [6.45, 7) is 3.72. The predicted octanol–water partition coefficient (Wildman–Crippen LogP) is 2.94. The molecule has 1 aliphatic rings. The van der Waals surface area contributed by atoms with E-state index in [-0.39, 0.29) is 5.82 Å². The van der Waals surface area contributed by atoms with Crippen LogP contribution in [0.2, 0.25) is 0 Å². The summed E-state index contributed by atoms with van der Waals surface area (Å²) in [6.07, 6.45) is 1.78. The van der Waals surface area contributed by atoms with Crippen LogP contribution in [0, 0.1) is 12.7 Å². The number of hydrogen-bond donors (Lipinski definition) is 0. The Morgan fingerprint density at radius 2 is 1.62 bits per heavy atom. The van der Waals surface area contributed by atoms with Crippen LogP contribution in [0.5, 0.6) is 0 Å². The lowest BCUT2D eigenvalue weighted by Crippen LogP contribution is -2.48. The van der Waals surface area contributed by atoms with Gasteiger partial charge in [0.1, 0.15) is 17.5 Å². The number of sulfonamides is 1. The number of rotatable bonds is 5. The second kappa shape index (κ2) is 8.77. The molecule has 0 radical (unpaired) electrons. The predicted molar refractivity (Wildman–Crippen MR) is 129 cm³/mol. The van der Waals surface area contributed by atoms with Crippen molar-refractivity contribution in [2.45, 2.75) is 13.3 Å². The summed E-state index contributed by atoms with van der Waals surface area (Å²) in [5, 5.41) is 5.52. The van der Waals surface area contributed by atoms with Gasteiger partial charge in [-0.3, -0.25) is 0 Å². The lowest BCUT2D eigenvalue weighted by atomic mass is 10.1. The van der Waals surface area contributed by atoms with Gasteiger partial charge in [-0.25, -0.2) is 27.5 Å². The van der Waals surface area contributed by atoms with Gasteiger partial charge in [-0.15, -0.1) is 0 Å². The minimum atomic E-state index is -3.24. The van der Waals surface area contributed by atoms with E-state index < -0.39 is 10.0 Å². The van der Waals surface area contributed by atoms with Crippen LogP contribution in [0.1, 0.15) is 17.1 Å². The van der Waals surface area contributed by atoms with Crippen molar-refractivity contribution in [2.75, 3.05) is 37.3 Å². The fourth-order valence-corrected chi connectivity index (χ4v) is 5.11. The van der Waals surface area contributed by atoms with Crippen molar-refractivity contribution < 1.29 is 12.8 Å². The lowest BCUT2D eigenvalue weighted by Gasteiger charge is -2.34. The van der Waals surface area contributed by atoms with Crippen molar-refractivity contribution in [1.29, 1.82) is 0 Å². The maximum Gasteiger partial charge on any atom is 0.211 e. The first kappa shape index (κ1) is 22.4. The lowest BCUT2D eigenvalue weighted by molar-refractivity contribution is 0.387. The maximum absolute atomic E-state index is 13.5. The first-order valence-corrected chi connectivity index (χ1v) is 12.9. The van der Waals surface area contributed by atoms with E-state index in [0.29, 0.717) is 49.8 Å². The Kier molecular flexibility index (Phi) is 5.78. The summed E-state index contributed by atoms with van der Waals surface area (Å²) < 4.78 is 40.7. The molecule has 0 amide bonds. The summed E-state index contributed by atoms with van der Waals surface area (Å²) in [5.41, 5.74) is 3.19. The Hall–Kier alpha value is -3.37. The number of benzene rings is 2. The average molecular weight is 481 g/mol. The van der Waals surface area contributed by atoms with Gasteiger partial charge in [0, 0.05) is 32.6 Å². The van der Waals surface area contributed by atoms with E-state index in [0.717, 1.165) is 22.5 Å². The molecule has 0 spiro atoms. The molecule has 4 aromatic rings. The summed E-state index contributed by atoms with van der Waals surface area (Å²) in [5.74, 6) is 1.07. The van der Waals surface area contributed by atoms with Crippen molar-refractivity contribution in [3.63, 3.8) is 0 Å². The Morgan fingerprint density at radius 1 is 0.941 bits per heavy atom. The maximum atomic E-state index is 13.5. The van der Waals surface area contributed by atoms with E-state index in [1.165, 1.54) is 22.7 Å². The van der Waals surface area contributed by atoms with Crippen molar-refractivity contribution in [3.8, 4) is 5.69 Å². The molecule has 8 nitrogen and oxygen atoms in total. The Bertz CT molecular complexity index is 1430. The van der Waals surface area contributed by atoms with Crippen LogP contribution in [0.25, 0.3) is 16.7 Å². The van der Waals surface area contributed by atoms with Gasteiger partial charge < -0.3 is 4.90 Å². The van der Waals surface area contributed by atoms with Crippen molar-refractivity contribution >= 4 is 26.9 Å². The molecular formula is C24H25FN6O2S. The average Bonchev–Trinajstić information content (AvgIpc) is 3.15. The van der Waals surface area contributed by atoms with Crippen LogP contribution in [0.15, 0.2) is 54.6 Å². The molecule has 10 heteroatoms. The molecule has 34 heavy (non-hydrogen) atoms. The van der Waals surface area contributed by atoms with E-state index >= 15 is 0 Å². The van der Waals surface area contributed by atoms with Gasteiger partial charge in [0.25, 0.3) is 0 Å². The highest BCUT2D eigenvalue weighted by atomic mass is 32.2. The molecule has 1 fully saturated rings. The summed E-state index contributed by atoms with van der Waals surface area (Å²) >= 11 is 0. The highest BCUT2D eigenvalue weighted by Gasteiger charge is 2.27. The second-order valence-corrected chi connectivity index (χ2v) is 10.4. The molecule has 2 aromatic heterocycles. The molecular weight excluding hydrogens is 455 g/mol. The zero-order valence-electron chi connectivity index (χ0n) is 19.0. The third-order valence-corrected chi connectivity index (χ3v) is 7.32.